The van der Waals surface area contributed by atoms with Crippen LogP contribution in [0.1, 0.15) is 17.5 Å². The molecule has 0 heterocycles. The van der Waals surface area contributed by atoms with Gasteiger partial charge in [-0.1, -0.05) is 18.2 Å². The third-order valence-corrected chi connectivity index (χ3v) is 10.4. The zero-order chi connectivity index (χ0) is 24.0. The molecule has 1 aliphatic carbocycles. The lowest BCUT2D eigenvalue weighted by molar-refractivity contribution is -0.138. The lowest BCUT2D eigenvalue weighted by Gasteiger charge is -2.31. The predicted octanol–water partition coefficient (Wildman–Crippen LogP) is 5.18. The molecule has 0 aromatic heterocycles. The van der Waals surface area contributed by atoms with Gasteiger partial charge in [-0.25, -0.2) is 16.8 Å². The average Bonchev–Trinajstić information content (AvgIpc) is 2.73. The highest BCUT2D eigenvalue weighted by Gasteiger charge is 2.54. The Morgan fingerprint density at radius 1 is 0.625 bits per heavy atom. The normalized spacial score (nSPS) is 16.8. The summed E-state index contributed by atoms with van der Waals surface area (Å²) >= 11 is 0. The molecule has 0 bridgehead atoms. The summed E-state index contributed by atoms with van der Waals surface area (Å²) in [4.78, 5) is -1.36. The van der Waals surface area contributed by atoms with Gasteiger partial charge >= 0.3 is 12.4 Å². The first kappa shape index (κ1) is 24.1. The SMILES string of the molecule is O=S(=O)(c1ccc(C(F)(F)F)cc1)C1(S(=O)(=O)c2ccc(C(F)(F)F)cc2)C=CC=CC1. The Balaban J connectivity index is 2.16. The van der Waals surface area contributed by atoms with Gasteiger partial charge in [-0.3, -0.25) is 0 Å². The van der Waals surface area contributed by atoms with Crippen LogP contribution in [0.15, 0.2) is 82.6 Å². The summed E-state index contributed by atoms with van der Waals surface area (Å²) in [5.41, 5.74) is -2.26. The van der Waals surface area contributed by atoms with Gasteiger partial charge in [-0.05, 0) is 54.6 Å². The maximum absolute atomic E-state index is 13.4. The van der Waals surface area contributed by atoms with Crippen LogP contribution in [0.3, 0.4) is 0 Å². The molecule has 172 valence electrons. The molecule has 0 fully saturated rings. The second-order valence-corrected chi connectivity index (χ2v) is 11.5. The molecule has 0 amide bonds. The maximum atomic E-state index is 13.4. The Kier molecular flexibility index (Phi) is 5.84. The zero-order valence-corrected chi connectivity index (χ0v) is 17.5. The van der Waals surface area contributed by atoms with E-state index in [9.17, 15) is 43.2 Å². The van der Waals surface area contributed by atoms with Crippen molar-refractivity contribution in [3.05, 3.63) is 84.0 Å². The topological polar surface area (TPSA) is 68.3 Å². The Hall–Kier alpha value is -2.60. The number of hydrogen-bond acceptors (Lipinski definition) is 4. The highest BCUT2D eigenvalue weighted by molar-refractivity contribution is 8.10. The predicted molar refractivity (Wildman–Crippen MR) is 103 cm³/mol. The fourth-order valence-electron chi connectivity index (χ4n) is 3.17. The quantitative estimate of drug-likeness (QED) is 0.547. The number of halogens is 6. The summed E-state index contributed by atoms with van der Waals surface area (Å²) in [7, 11) is -9.69. The molecule has 3 rings (SSSR count). The van der Waals surface area contributed by atoms with Gasteiger partial charge in [0.1, 0.15) is 0 Å². The molecule has 0 spiro atoms. The van der Waals surface area contributed by atoms with E-state index in [1.54, 1.807) is 0 Å². The Morgan fingerprint density at radius 3 is 1.28 bits per heavy atom. The van der Waals surface area contributed by atoms with Crippen molar-refractivity contribution in [1.82, 2.24) is 0 Å². The first-order valence-corrected chi connectivity index (χ1v) is 11.8. The number of benzene rings is 2. The van der Waals surface area contributed by atoms with Crippen LogP contribution in [0.4, 0.5) is 26.3 Å². The number of allylic oxidation sites excluding steroid dienone is 3. The molecule has 0 N–H and O–H groups in total. The van der Waals surface area contributed by atoms with Crippen molar-refractivity contribution >= 4 is 19.7 Å². The number of rotatable bonds is 4. The zero-order valence-electron chi connectivity index (χ0n) is 15.9. The summed E-state index contributed by atoms with van der Waals surface area (Å²) in [6, 6.07) is 4.62. The van der Waals surface area contributed by atoms with Crippen LogP contribution < -0.4 is 0 Å². The third-order valence-electron chi connectivity index (χ3n) is 4.89. The van der Waals surface area contributed by atoms with Crippen LogP contribution in [0.25, 0.3) is 0 Å². The number of hydrogen-bond donors (Lipinski definition) is 0. The van der Waals surface area contributed by atoms with Gasteiger partial charge in [0.05, 0.1) is 20.9 Å². The second-order valence-electron chi connectivity index (χ2n) is 6.85. The lowest BCUT2D eigenvalue weighted by Crippen LogP contribution is -2.45. The van der Waals surface area contributed by atoms with Gasteiger partial charge in [0.25, 0.3) is 0 Å². The fourth-order valence-corrected chi connectivity index (χ4v) is 7.84. The lowest BCUT2D eigenvalue weighted by atomic mass is 10.2. The molecule has 0 saturated carbocycles. The molecular weight excluding hydrogens is 482 g/mol. The maximum Gasteiger partial charge on any atom is 0.416 e. The molecule has 0 atom stereocenters. The van der Waals surface area contributed by atoms with Crippen LogP contribution in [-0.4, -0.2) is 20.9 Å². The highest BCUT2D eigenvalue weighted by atomic mass is 32.3. The summed E-state index contributed by atoms with van der Waals surface area (Å²) in [5.74, 6) is 0. The molecule has 32 heavy (non-hydrogen) atoms. The van der Waals surface area contributed by atoms with Crippen molar-refractivity contribution in [2.24, 2.45) is 0 Å². The Bertz CT molecular complexity index is 1180. The van der Waals surface area contributed by atoms with Crippen LogP contribution in [0.2, 0.25) is 0 Å². The van der Waals surface area contributed by atoms with E-state index in [1.807, 2.05) is 0 Å². The van der Waals surface area contributed by atoms with Crippen molar-refractivity contribution < 1.29 is 43.2 Å². The molecule has 1 aliphatic rings. The first-order valence-electron chi connectivity index (χ1n) is 8.81. The van der Waals surface area contributed by atoms with E-state index in [-0.39, 0.29) is 0 Å². The molecule has 4 nitrogen and oxygen atoms in total. The van der Waals surface area contributed by atoms with Crippen LogP contribution in [0, 0.1) is 0 Å². The van der Waals surface area contributed by atoms with Gasteiger partial charge in [-0.15, -0.1) is 0 Å². The summed E-state index contributed by atoms with van der Waals surface area (Å²) in [6.45, 7) is 0. The Labute approximate surface area is 179 Å². The van der Waals surface area contributed by atoms with Crippen molar-refractivity contribution in [3.8, 4) is 0 Å². The smallest absolute Gasteiger partial charge is 0.222 e. The van der Waals surface area contributed by atoms with Gasteiger partial charge in [0.2, 0.25) is 23.8 Å². The van der Waals surface area contributed by atoms with E-state index < -0.39 is 63.4 Å². The third kappa shape index (κ3) is 3.96. The Morgan fingerprint density at radius 2 is 1.00 bits per heavy atom. The molecule has 0 unspecified atom stereocenters. The summed E-state index contributed by atoms with van der Waals surface area (Å²) in [6.07, 6.45) is -5.43. The van der Waals surface area contributed by atoms with E-state index in [1.165, 1.54) is 12.2 Å². The van der Waals surface area contributed by atoms with Crippen molar-refractivity contribution in [3.63, 3.8) is 0 Å². The van der Waals surface area contributed by atoms with Gasteiger partial charge in [-0.2, -0.15) is 26.3 Å². The molecular formula is C20H14F6O4S2. The van der Waals surface area contributed by atoms with Gasteiger partial charge < -0.3 is 0 Å². The summed E-state index contributed by atoms with van der Waals surface area (Å²) < 4.78 is 128. The van der Waals surface area contributed by atoms with Crippen molar-refractivity contribution in [1.29, 1.82) is 0 Å². The molecule has 0 saturated heterocycles. The standard InChI is InChI=1S/C20H14F6O4S2/c21-19(22,23)14-4-8-16(9-5-14)31(27,28)18(12-2-1-3-13-18)32(29,30)17-10-6-15(7-11-17)20(24,25)26/h1-12H,13H2. The molecule has 0 aliphatic heterocycles. The minimum atomic E-state index is -4.85. The van der Waals surface area contributed by atoms with Crippen LogP contribution in [0.5, 0.6) is 0 Å². The minimum Gasteiger partial charge on any atom is -0.222 e. The molecule has 2 aromatic carbocycles. The molecule has 2 aromatic rings. The fraction of sp³-hybridized carbons (Fsp3) is 0.200. The number of sulfone groups is 2. The second kappa shape index (κ2) is 7.77. The minimum absolute atomic E-state index is 0.508. The van der Waals surface area contributed by atoms with Crippen molar-refractivity contribution in [2.45, 2.75) is 32.6 Å². The molecule has 12 heteroatoms. The van der Waals surface area contributed by atoms with E-state index in [2.05, 4.69) is 0 Å². The average molecular weight is 496 g/mol. The van der Waals surface area contributed by atoms with E-state index in [0.29, 0.717) is 48.5 Å². The van der Waals surface area contributed by atoms with Gasteiger partial charge in [0.15, 0.2) is 0 Å². The van der Waals surface area contributed by atoms with E-state index >= 15 is 0 Å². The van der Waals surface area contributed by atoms with E-state index in [4.69, 9.17) is 0 Å². The number of alkyl halides is 6. The van der Waals surface area contributed by atoms with Crippen molar-refractivity contribution in [2.75, 3.05) is 0 Å². The summed E-state index contributed by atoms with van der Waals surface area (Å²) in [5, 5.41) is 0. The van der Waals surface area contributed by atoms with Crippen LogP contribution in [-0.2, 0) is 32.0 Å². The van der Waals surface area contributed by atoms with Gasteiger partial charge in [0, 0.05) is 6.42 Å². The highest BCUT2D eigenvalue weighted by Crippen LogP contribution is 2.42. The first-order chi connectivity index (χ1) is 14.6. The monoisotopic (exact) mass is 496 g/mol. The largest absolute Gasteiger partial charge is 0.416 e. The molecule has 0 radical (unpaired) electrons. The van der Waals surface area contributed by atoms with Crippen LogP contribution >= 0.6 is 0 Å². The van der Waals surface area contributed by atoms with E-state index in [0.717, 1.165) is 12.2 Å².